The summed E-state index contributed by atoms with van der Waals surface area (Å²) in [6.07, 6.45) is 1.46. The molecule has 11 heteroatoms. The Kier molecular flexibility index (Phi) is 4.50. The summed E-state index contributed by atoms with van der Waals surface area (Å²) in [5.74, 6) is 0.706. The van der Waals surface area contributed by atoms with Gasteiger partial charge in [-0.3, -0.25) is 20.3 Å². The van der Waals surface area contributed by atoms with Crippen molar-refractivity contribution in [2.45, 2.75) is 5.50 Å². The average molecular weight is 407 g/mol. The first-order valence-electron chi connectivity index (χ1n) is 7.67. The molecule has 4 rings (SSSR count). The van der Waals surface area contributed by atoms with Crippen LogP contribution in [0.3, 0.4) is 0 Å². The van der Waals surface area contributed by atoms with Gasteiger partial charge in [0.25, 0.3) is 5.91 Å². The Bertz CT molecular complexity index is 971. The highest BCUT2D eigenvalue weighted by atomic mass is 35.5. The monoisotopic (exact) mass is 406 g/mol. The predicted molar refractivity (Wildman–Crippen MR) is 99.1 cm³/mol. The molecule has 1 atom stereocenters. The fourth-order valence-electron chi connectivity index (χ4n) is 2.42. The molecular formula is C16H11ClN4O5S. The van der Waals surface area contributed by atoms with Gasteiger partial charge in [0.1, 0.15) is 23.0 Å². The number of hydrazine groups is 1. The van der Waals surface area contributed by atoms with E-state index in [-0.39, 0.29) is 24.2 Å². The molecule has 138 valence electrons. The van der Waals surface area contributed by atoms with E-state index < -0.39 is 10.4 Å². The third kappa shape index (κ3) is 3.62. The Labute approximate surface area is 161 Å². The molecule has 9 nitrogen and oxygen atoms in total. The number of aliphatic imine (C=N–C) groups is 1. The highest BCUT2D eigenvalue weighted by Gasteiger charge is 2.41. The van der Waals surface area contributed by atoms with Gasteiger partial charge < -0.3 is 9.15 Å². The molecule has 0 bridgehead atoms. The van der Waals surface area contributed by atoms with Crippen LogP contribution in [0.1, 0.15) is 5.76 Å². The maximum atomic E-state index is 12.5. The Balaban J connectivity index is 1.40. The van der Waals surface area contributed by atoms with Crippen LogP contribution in [0.15, 0.2) is 50.7 Å². The number of amidine groups is 1. The zero-order valence-electron chi connectivity index (χ0n) is 13.5. The molecule has 27 heavy (non-hydrogen) atoms. The number of nitrogens with zero attached hydrogens (tertiary/aromatic N) is 3. The molecule has 1 amide bonds. The quantitative estimate of drug-likeness (QED) is 0.461. The molecule has 0 saturated carbocycles. The third-order valence-corrected chi connectivity index (χ3v) is 4.98. The zero-order valence-corrected chi connectivity index (χ0v) is 15.1. The van der Waals surface area contributed by atoms with Crippen molar-refractivity contribution < 1.29 is 18.9 Å². The summed E-state index contributed by atoms with van der Waals surface area (Å²) >= 11 is 7.04. The van der Waals surface area contributed by atoms with E-state index in [1.54, 1.807) is 24.3 Å². The van der Waals surface area contributed by atoms with E-state index >= 15 is 0 Å². The molecule has 0 aliphatic carbocycles. The lowest BCUT2D eigenvalue weighted by molar-refractivity contribution is -0.402. The number of benzene rings is 1. The van der Waals surface area contributed by atoms with Crippen LogP contribution in [-0.4, -0.2) is 33.8 Å². The number of nitrogens with one attached hydrogen (secondary N) is 1. The Morgan fingerprint density at radius 1 is 1.37 bits per heavy atom. The van der Waals surface area contributed by atoms with E-state index in [0.717, 1.165) is 0 Å². The standard InChI is InChI=1S/C16H11ClN4O5S/c17-9-1-3-10(4-2-9)25-8-13-18-16-20(19-13)15(22)12(27-16)7-11-5-6-14(26-11)21(23)24/h1-7,16H,8H2,(H,18,19)/b12-7+. The average Bonchev–Trinajstić information content (AvgIpc) is 3.33. The van der Waals surface area contributed by atoms with Gasteiger partial charge in [-0.05, 0) is 30.3 Å². The minimum atomic E-state index is -0.636. The number of rotatable bonds is 5. The van der Waals surface area contributed by atoms with Gasteiger partial charge in [0.15, 0.2) is 11.3 Å². The van der Waals surface area contributed by atoms with Gasteiger partial charge >= 0.3 is 5.88 Å². The van der Waals surface area contributed by atoms with Crippen molar-refractivity contribution in [3.05, 3.63) is 62.2 Å². The van der Waals surface area contributed by atoms with Gasteiger partial charge in [-0.15, -0.1) is 0 Å². The summed E-state index contributed by atoms with van der Waals surface area (Å²) in [7, 11) is 0. The number of furan rings is 1. The molecule has 3 heterocycles. The van der Waals surface area contributed by atoms with E-state index in [4.69, 9.17) is 20.8 Å². The molecule has 1 N–H and O–H groups in total. The third-order valence-electron chi connectivity index (χ3n) is 3.65. The second kappa shape index (κ2) is 6.97. The Morgan fingerprint density at radius 2 is 2.15 bits per heavy atom. The molecule has 1 fully saturated rings. The highest BCUT2D eigenvalue weighted by molar-refractivity contribution is 8.05. The van der Waals surface area contributed by atoms with Crippen LogP contribution in [0.5, 0.6) is 5.75 Å². The lowest BCUT2D eigenvalue weighted by Crippen LogP contribution is -2.42. The number of carbonyl (C=O) groups excluding carboxylic acids is 1. The summed E-state index contributed by atoms with van der Waals surface area (Å²) in [6, 6.07) is 9.58. The lowest BCUT2D eigenvalue weighted by Gasteiger charge is -2.13. The topological polar surface area (TPSA) is 110 Å². The van der Waals surface area contributed by atoms with Crippen LogP contribution in [0.2, 0.25) is 5.02 Å². The van der Waals surface area contributed by atoms with E-state index in [2.05, 4.69) is 10.4 Å². The maximum absolute atomic E-state index is 12.5. The Morgan fingerprint density at radius 3 is 2.81 bits per heavy atom. The van der Waals surface area contributed by atoms with Crippen LogP contribution in [0.4, 0.5) is 5.88 Å². The smallest absolute Gasteiger partial charge is 0.433 e. The van der Waals surface area contributed by atoms with Crippen molar-refractivity contribution in [3.8, 4) is 5.75 Å². The first-order valence-corrected chi connectivity index (χ1v) is 8.93. The molecule has 2 aromatic rings. The molecule has 1 saturated heterocycles. The highest BCUT2D eigenvalue weighted by Crippen LogP contribution is 2.38. The fraction of sp³-hybridized carbons (Fsp3) is 0.125. The number of hydrogen-bond donors (Lipinski definition) is 1. The summed E-state index contributed by atoms with van der Waals surface area (Å²) in [6.45, 7) is 0.173. The minimum Gasteiger partial charge on any atom is -0.486 e. The van der Waals surface area contributed by atoms with Crippen LogP contribution in [-0.2, 0) is 4.79 Å². The van der Waals surface area contributed by atoms with E-state index in [1.165, 1.54) is 35.0 Å². The van der Waals surface area contributed by atoms with Gasteiger partial charge in [-0.1, -0.05) is 23.4 Å². The number of amides is 1. The van der Waals surface area contributed by atoms with E-state index in [0.29, 0.717) is 21.5 Å². The first kappa shape index (κ1) is 17.4. The molecule has 0 radical (unpaired) electrons. The Hall–Kier alpha value is -2.98. The molecule has 2 aliphatic rings. The number of nitro groups is 1. The van der Waals surface area contributed by atoms with Gasteiger partial charge in [-0.25, -0.2) is 10.0 Å². The van der Waals surface area contributed by atoms with Crippen LogP contribution >= 0.6 is 23.4 Å². The normalized spacial score (nSPS) is 19.8. The molecular weight excluding hydrogens is 396 g/mol. The lowest BCUT2D eigenvalue weighted by atomic mass is 10.3. The number of thioether (sulfide) groups is 1. The number of fused-ring (bicyclic) bond motifs is 1. The van der Waals surface area contributed by atoms with Crippen LogP contribution < -0.4 is 10.2 Å². The van der Waals surface area contributed by atoms with Crippen molar-refractivity contribution in [3.63, 3.8) is 0 Å². The number of hydrogen-bond acceptors (Lipinski definition) is 8. The van der Waals surface area contributed by atoms with Crippen molar-refractivity contribution in [1.29, 1.82) is 0 Å². The molecule has 1 aromatic carbocycles. The summed E-state index contributed by atoms with van der Waals surface area (Å²) < 4.78 is 10.6. The van der Waals surface area contributed by atoms with Gasteiger partial charge in [0.05, 0.1) is 11.0 Å². The van der Waals surface area contributed by atoms with Gasteiger partial charge in [0, 0.05) is 11.1 Å². The molecule has 2 aliphatic heterocycles. The molecule has 1 aromatic heterocycles. The van der Waals surface area contributed by atoms with Crippen molar-refractivity contribution in [1.82, 2.24) is 10.4 Å². The van der Waals surface area contributed by atoms with Crippen molar-refractivity contribution >= 4 is 47.1 Å². The SMILES string of the molecule is O=C1/C(=C\c2ccc([N+](=O)[O-])o2)SC2N=C(COc3ccc(Cl)cc3)NN12. The fourth-order valence-corrected chi connectivity index (χ4v) is 3.59. The number of halogens is 1. The summed E-state index contributed by atoms with van der Waals surface area (Å²) in [5.41, 5.74) is 2.45. The van der Waals surface area contributed by atoms with Crippen molar-refractivity contribution in [2.75, 3.05) is 6.61 Å². The second-order valence-electron chi connectivity index (χ2n) is 5.49. The summed E-state index contributed by atoms with van der Waals surface area (Å²) in [5, 5.41) is 12.6. The number of carbonyl (C=O) groups is 1. The van der Waals surface area contributed by atoms with Gasteiger partial charge in [-0.2, -0.15) is 0 Å². The van der Waals surface area contributed by atoms with Gasteiger partial charge in [0.2, 0.25) is 0 Å². The van der Waals surface area contributed by atoms with E-state index in [1.807, 2.05) is 0 Å². The van der Waals surface area contributed by atoms with Crippen molar-refractivity contribution in [2.24, 2.45) is 4.99 Å². The van der Waals surface area contributed by atoms with Crippen LogP contribution in [0, 0.1) is 10.1 Å². The molecule has 1 unspecified atom stereocenters. The first-order chi connectivity index (χ1) is 13.0. The molecule has 0 spiro atoms. The largest absolute Gasteiger partial charge is 0.486 e. The number of ether oxygens (including phenoxy) is 1. The maximum Gasteiger partial charge on any atom is 0.433 e. The second-order valence-corrected chi connectivity index (χ2v) is 7.02. The zero-order chi connectivity index (χ0) is 19.0. The minimum absolute atomic E-state index is 0.173. The van der Waals surface area contributed by atoms with Crippen LogP contribution in [0.25, 0.3) is 6.08 Å². The van der Waals surface area contributed by atoms with E-state index in [9.17, 15) is 14.9 Å². The summed E-state index contributed by atoms with van der Waals surface area (Å²) in [4.78, 5) is 27.3. The predicted octanol–water partition coefficient (Wildman–Crippen LogP) is 3.04.